The van der Waals surface area contributed by atoms with E-state index in [-0.39, 0.29) is 5.97 Å². The van der Waals surface area contributed by atoms with E-state index in [1.807, 2.05) is 51.1 Å². The molecular weight excluding hydrogens is 188 g/mol. The summed E-state index contributed by atoms with van der Waals surface area (Å²) in [6, 6.07) is 9.31. The van der Waals surface area contributed by atoms with Crippen molar-refractivity contribution < 1.29 is 9.53 Å². The smallest absolute Gasteiger partial charge is 0.338 e. The SMILES string of the molecule is C=C(C(=O)OC(C)(C)C)c1ccccc1. The van der Waals surface area contributed by atoms with Crippen LogP contribution in [0.2, 0.25) is 0 Å². The molecule has 0 heterocycles. The van der Waals surface area contributed by atoms with Crippen molar-refractivity contribution in [1.29, 1.82) is 0 Å². The second-order valence-electron chi connectivity index (χ2n) is 4.35. The molecule has 0 N–H and O–H groups in total. The number of rotatable bonds is 2. The fourth-order valence-corrected chi connectivity index (χ4v) is 1.10. The molecule has 1 aromatic carbocycles. The van der Waals surface area contributed by atoms with Gasteiger partial charge in [0.05, 0.1) is 5.57 Å². The van der Waals surface area contributed by atoms with Crippen molar-refractivity contribution in [1.82, 2.24) is 0 Å². The molecule has 0 aliphatic heterocycles. The molecular formula is C13H16O2. The van der Waals surface area contributed by atoms with Gasteiger partial charge in [-0.3, -0.25) is 0 Å². The zero-order valence-corrected chi connectivity index (χ0v) is 9.41. The highest BCUT2D eigenvalue weighted by Crippen LogP contribution is 2.17. The number of ether oxygens (including phenoxy) is 1. The van der Waals surface area contributed by atoms with Gasteiger partial charge in [0, 0.05) is 0 Å². The molecule has 0 aliphatic carbocycles. The lowest BCUT2D eigenvalue weighted by molar-refractivity contribution is -0.147. The number of hydrogen-bond donors (Lipinski definition) is 0. The topological polar surface area (TPSA) is 26.3 Å². The van der Waals surface area contributed by atoms with E-state index in [0.29, 0.717) is 5.57 Å². The Morgan fingerprint density at radius 2 is 1.73 bits per heavy atom. The van der Waals surface area contributed by atoms with Crippen LogP contribution in [-0.2, 0) is 9.53 Å². The monoisotopic (exact) mass is 204 g/mol. The zero-order valence-electron chi connectivity index (χ0n) is 9.41. The van der Waals surface area contributed by atoms with Crippen LogP contribution in [0.1, 0.15) is 26.3 Å². The number of carbonyl (C=O) groups is 1. The molecule has 0 aromatic heterocycles. The van der Waals surface area contributed by atoms with Crippen LogP contribution < -0.4 is 0 Å². The highest BCUT2D eigenvalue weighted by molar-refractivity contribution is 6.15. The van der Waals surface area contributed by atoms with Gasteiger partial charge in [0.15, 0.2) is 0 Å². The highest BCUT2D eigenvalue weighted by Gasteiger charge is 2.19. The predicted molar refractivity (Wildman–Crippen MR) is 61.3 cm³/mol. The first-order valence-electron chi connectivity index (χ1n) is 4.88. The van der Waals surface area contributed by atoms with Crippen LogP contribution in [0.4, 0.5) is 0 Å². The second kappa shape index (κ2) is 4.30. The summed E-state index contributed by atoms with van der Waals surface area (Å²) < 4.78 is 5.22. The first-order chi connectivity index (χ1) is 6.90. The normalized spacial score (nSPS) is 10.9. The Kier molecular flexibility index (Phi) is 3.30. The maximum atomic E-state index is 11.6. The van der Waals surface area contributed by atoms with Crippen LogP contribution in [0.15, 0.2) is 36.9 Å². The molecule has 0 spiro atoms. The van der Waals surface area contributed by atoms with Crippen molar-refractivity contribution in [2.45, 2.75) is 26.4 Å². The molecule has 0 aliphatic rings. The van der Waals surface area contributed by atoms with Crippen LogP contribution >= 0.6 is 0 Å². The van der Waals surface area contributed by atoms with E-state index in [2.05, 4.69) is 6.58 Å². The molecule has 0 radical (unpaired) electrons. The van der Waals surface area contributed by atoms with Gasteiger partial charge in [-0.15, -0.1) is 0 Å². The summed E-state index contributed by atoms with van der Waals surface area (Å²) in [4.78, 5) is 11.6. The van der Waals surface area contributed by atoms with Gasteiger partial charge in [0.2, 0.25) is 0 Å². The van der Waals surface area contributed by atoms with Gasteiger partial charge in [-0.25, -0.2) is 4.79 Å². The molecule has 0 saturated heterocycles. The average Bonchev–Trinajstić information content (AvgIpc) is 2.15. The second-order valence-corrected chi connectivity index (χ2v) is 4.35. The third-order valence-corrected chi connectivity index (χ3v) is 1.77. The maximum absolute atomic E-state index is 11.6. The van der Waals surface area contributed by atoms with E-state index < -0.39 is 5.60 Å². The van der Waals surface area contributed by atoms with Gasteiger partial charge < -0.3 is 4.74 Å². The van der Waals surface area contributed by atoms with Gasteiger partial charge in [0.25, 0.3) is 0 Å². The summed E-state index contributed by atoms with van der Waals surface area (Å²) in [5.41, 5.74) is 0.715. The van der Waals surface area contributed by atoms with E-state index in [0.717, 1.165) is 5.56 Å². The summed E-state index contributed by atoms with van der Waals surface area (Å²) in [7, 11) is 0. The Hall–Kier alpha value is -1.57. The molecule has 2 heteroatoms. The van der Waals surface area contributed by atoms with Gasteiger partial charge in [-0.05, 0) is 26.3 Å². The molecule has 1 aromatic rings. The third-order valence-electron chi connectivity index (χ3n) is 1.77. The Morgan fingerprint density at radius 3 is 2.20 bits per heavy atom. The molecule has 15 heavy (non-hydrogen) atoms. The molecule has 0 fully saturated rings. The van der Waals surface area contributed by atoms with Crippen molar-refractivity contribution in [3.8, 4) is 0 Å². The molecule has 0 saturated carbocycles. The Labute approximate surface area is 90.6 Å². The number of benzene rings is 1. The number of carbonyl (C=O) groups excluding carboxylic acids is 1. The lowest BCUT2D eigenvalue weighted by atomic mass is 10.1. The van der Waals surface area contributed by atoms with Crippen LogP contribution in [0, 0.1) is 0 Å². The molecule has 2 nitrogen and oxygen atoms in total. The highest BCUT2D eigenvalue weighted by atomic mass is 16.6. The standard InChI is InChI=1S/C13H16O2/c1-10(11-8-6-5-7-9-11)12(14)15-13(2,3)4/h5-9H,1H2,2-4H3. The predicted octanol–water partition coefficient (Wildman–Crippen LogP) is 3.04. The van der Waals surface area contributed by atoms with Crippen molar-refractivity contribution in [2.24, 2.45) is 0 Å². The summed E-state index contributed by atoms with van der Waals surface area (Å²) in [5.74, 6) is -0.367. The fourth-order valence-electron chi connectivity index (χ4n) is 1.10. The third kappa shape index (κ3) is 3.58. The van der Waals surface area contributed by atoms with Crippen LogP contribution in [-0.4, -0.2) is 11.6 Å². The van der Waals surface area contributed by atoms with E-state index >= 15 is 0 Å². The van der Waals surface area contributed by atoms with Crippen LogP contribution in [0.5, 0.6) is 0 Å². The molecule has 0 unspecified atom stereocenters. The van der Waals surface area contributed by atoms with Gasteiger partial charge in [-0.1, -0.05) is 36.9 Å². The van der Waals surface area contributed by atoms with Gasteiger partial charge in [0.1, 0.15) is 5.60 Å². The fraction of sp³-hybridized carbons (Fsp3) is 0.308. The molecule has 0 amide bonds. The molecule has 80 valence electrons. The van der Waals surface area contributed by atoms with E-state index in [9.17, 15) is 4.79 Å². The van der Waals surface area contributed by atoms with Gasteiger partial charge in [-0.2, -0.15) is 0 Å². The Bertz CT molecular complexity index is 358. The minimum Gasteiger partial charge on any atom is -0.456 e. The van der Waals surface area contributed by atoms with Crippen molar-refractivity contribution >= 4 is 11.5 Å². The minimum atomic E-state index is -0.477. The quantitative estimate of drug-likeness (QED) is 0.546. The Balaban J connectivity index is 2.75. The van der Waals surface area contributed by atoms with Crippen molar-refractivity contribution in [3.05, 3.63) is 42.5 Å². The number of hydrogen-bond acceptors (Lipinski definition) is 2. The molecule has 0 bridgehead atoms. The summed E-state index contributed by atoms with van der Waals surface area (Å²) in [5, 5.41) is 0. The average molecular weight is 204 g/mol. The van der Waals surface area contributed by atoms with Crippen LogP contribution in [0.25, 0.3) is 5.57 Å². The Morgan fingerprint density at radius 1 is 1.20 bits per heavy atom. The first-order valence-corrected chi connectivity index (χ1v) is 4.88. The zero-order chi connectivity index (χ0) is 11.5. The minimum absolute atomic E-state index is 0.367. The molecule has 1 rings (SSSR count). The van der Waals surface area contributed by atoms with Crippen LogP contribution in [0.3, 0.4) is 0 Å². The van der Waals surface area contributed by atoms with E-state index in [1.54, 1.807) is 0 Å². The summed E-state index contributed by atoms with van der Waals surface area (Å²) >= 11 is 0. The first kappa shape index (κ1) is 11.5. The molecule has 0 atom stereocenters. The lowest BCUT2D eigenvalue weighted by Gasteiger charge is -2.20. The summed E-state index contributed by atoms with van der Waals surface area (Å²) in [6.07, 6.45) is 0. The van der Waals surface area contributed by atoms with E-state index in [1.165, 1.54) is 0 Å². The van der Waals surface area contributed by atoms with Gasteiger partial charge >= 0.3 is 5.97 Å². The summed E-state index contributed by atoms with van der Waals surface area (Å²) in [6.45, 7) is 9.24. The largest absolute Gasteiger partial charge is 0.456 e. The number of esters is 1. The lowest BCUT2D eigenvalue weighted by Crippen LogP contribution is -2.24. The van der Waals surface area contributed by atoms with E-state index in [4.69, 9.17) is 4.74 Å². The van der Waals surface area contributed by atoms with Crippen molar-refractivity contribution in [3.63, 3.8) is 0 Å². The maximum Gasteiger partial charge on any atom is 0.338 e. The van der Waals surface area contributed by atoms with Crippen molar-refractivity contribution in [2.75, 3.05) is 0 Å².